The Morgan fingerprint density at radius 3 is 2.81 bits per heavy atom. The average Bonchev–Trinajstić information content (AvgIpc) is 3.02. The topological polar surface area (TPSA) is 61.7 Å². The monoisotopic (exact) mass is 283 g/mol. The Hall–Kier alpha value is -2.14. The summed E-state index contributed by atoms with van der Waals surface area (Å²) in [5.41, 5.74) is 9.88. The highest BCUT2D eigenvalue weighted by molar-refractivity contribution is 5.80. The van der Waals surface area contributed by atoms with Gasteiger partial charge in [0.25, 0.3) is 0 Å². The van der Waals surface area contributed by atoms with Crippen molar-refractivity contribution in [3.63, 3.8) is 0 Å². The highest BCUT2D eigenvalue weighted by Crippen LogP contribution is 2.27. The number of benzene rings is 1. The number of rotatable bonds is 4. The number of nitrogens with zero attached hydrogens (tertiary/aromatic N) is 4. The van der Waals surface area contributed by atoms with Crippen LogP contribution in [0.5, 0.6) is 0 Å². The van der Waals surface area contributed by atoms with Crippen LogP contribution in [0.15, 0.2) is 30.7 Å². The van der Waals surface area contributed by atoms with Crippen LogP contribution in [0.1, 0.15) is 25.5 Å². The number of hydrogen-bond donors (Lipinski definition) is 1. The second-order valence-electron chi connectivity index (χ2n) is 5.68. The van der Waals surface area contributed by atoms with Crippen LogP contribution in [0.4, 0.5) is 0 Å². The minimum absolute atomic E-state index is 0.326. The van der Waals surface area contributed by atoms with Crippen molar-refractivity contribution in [3.05, 3.63) is 36.3 Å². The van der Waals surface area contributed by atoms with Gasteiger partial charge in [-0.05, 0) is 38.5 Å². The molecule has 2 N–H and O–H groups in total. The van der Waals surface area contributed by atoms with E-state index in [1.54, 1.807) is 0 Å². The van der Waals surface area contributed by atoms with Crippen LogP contribution >= 0.6 is 0 Å². The molecule has 2 aromatic heterocycles. The van der Waals surface area contributed by atoms with Crippen LogP contribution in [-0.2, 0) is 6.54 Å². The van der Waals surface area contributed by atoms with Crippen LogP contribution in [0.25, 0.3) is 22.6 Å². The lowest BCUT2D eigenvalue weighted by atomic mass is 10.2. The summed E-state index contributed by atoms with van der Waals surface area (Å²) in [6.07, 6.45) is 3.83. The van der Waals surface area contributed by atoms with Gasteiger partial charge in [0.15, 0.2) is 5.82 Å². The lowest BCUT2D eigenvalue weighted by Gasteiger charge is -2.11. The van der Waals surface area contributed by atoms with E-state index in [0.717, 1.165) is 29.1 Å². The van der Waals surface area contributed by atoms with Crippen molar-refractivity contribution in [2.24, 2.45) is 5.73 Å². The zero-order chi connectivity index (χ0) is 15.0. The van der Waals surface area contributed by atoms with E-state index < -0.39 is 0 Å². The van der Waals surface area contributed by atoms with E-state index in [0.29, 0.717) is 12.6 Å². The maximum Gasteiger partial charge on any atom is 0.161 e. The molecule has 0 amide bonds. The van der Waals surface area contributed by atoms with Crippen molar-refractivity contribution in [2.45, 2.75) is 33.4 Å². The minimum Gasteiger partial charge on any atom is -0.335 e. The Morgan fingerprint density at radius 1 is 1.29 bits per heavy atom. The molecule has 2 heterocycles. The van der Waals surface area contributed by atoms with Crippen molar-refractivity contribution in [2.75, 3.05) is 6.54 Å². The summed E-state index contributed by atoms with van der Waals surface area (Å²) in [6, 6.07) is 6.71. The van der Waals surface area contributed by atoms with Gasteiger partial charge in [-0.2, -0.15) is 0 Å². The van der Waals surface area contributed by atoms with Gasteiger partial charge in [0.1, 0.15) is 5.69 Å². The smallest absolute Gasteiger partial charge is 0.161 e. The minimum atomic E-state index is 0.326. The predicted octanol–water partition coefficient (Wildman–Crippen LogP) is 2.75. The quantitative estimate of drug-likeness (QED) is 0.801. The molecule has 0 fully saturated rings. The van der Waals surface area contributed by atoms with E-state index in [1.807, 2.05) is 17.1 Å². The van der Waals surface area contributed by atoms with Gasteiger partial charge < -0.3 is 14.9 Å². The normalized spacial score (nSPS) is 11.7. The number of fused-ring (bicyclic) bond motifs is 1. The Labute approximate surface area is 124 Å². The molecule has 0 spiro atoms. The Bertz CT molecular complexity index is 766. The lowest BCUT2D eigenvalue weighted by molar-refractivity contribution is 0.623. The third-order valence-corrected chi connectivity index (χ3v) is 3.61. The summed E-state index contributed by atoms with van der Waals surface area (Å²) in [5.74, 6) is 0.918. The third kappa shape index (κ3) is 2.45. The van der Waals surface area contributed by atoms with Gasteiger partial charge >= 0.3 is 0 Å². The predicted molar refractivity (Wildman–Crippen MR) is 85.1 cm³/mol. The molecule has 0 aliphatic heterocycles. The maximum absolute atomic E-state index is 5.60. The number of imidazole rings is 2. The van der Waals surface area contributed by atoms with Gasteiger partial charge in [0, 0.05) is 25.3 Å². The molecule has 0 radical (unpaired) electrons. The maximum atomic E-state index is 5.60. The molecule has 21 heavy (non-hydrogen) atoms. The van der Waals surface area contributed by atoms with Gasteiger partial charge in [-0.25, -0.2) is 9.97 Å². The zero-order valence-corrected chi connectivity index (χ0v) is 12.7. The molecule has 0 aliphatic carbocycles. The SMILES string of the molecule is Cc1ccc2c(c1)nc(-c1cn(CCN)cn1)n2C(C)C. The van der Waals surface area contributed by atoms with E-state index in [2.05, 4.69) is 48.5 Å². The largest absolute Gasteiger partial charge is 0.335 e. The molecular formula is C16H21N5. The first kappa shape index (κ1) is 13.8. The van der Waals surface area contributed by atoms with Crippen molar-refractivity contribution in [3.8, 4) is 11.5 Å². The molecular weight excluding hydrogens is 262 g/mol. The lowest BCUT2D eigenvalue weighted by Crippen LogP contribution is -2.07. The molecule has 5 heteroatoms. The first-order valence-corrected chi connectivity index (χ1v) is 7.31. The highest BCUT2D eigenvalue weighted by Gasteiger charge is 2.16. The summed E-state index contributed by atoms with van der Waals surface area (Å²) in [6.45, 7) is 7.80. The summed E-state index contributed by atoms with van der Waals surface area (Å²) < 4.78 is 4.24. The number of aromatic nitrogens is 4. The van der Waals surface area contributed by atoms with Crippen LogP contribution < -0.4 is 5.73 Å². The number of aryl methyl sites for hydroxylation is 1. The van der Waals surface area contributed by atoms with Gasteiger partial charge in [0.05, 0.1) is 17.4 Å². The van der Waals surface area contributed by atoms with Crippen molar-refractivity contribution in [1.29, 1.82) is 0 Å². The van der Waals surface area contributed by atoms with E-state index >= 15 is 0 Å². The first-order chi connectivity index (χ1) is 10.1. The van der Waals surface area contributed by atoms with E-state index in [9.17, 15) is 0 Å². The molecule has 1 aromatic carbocycles. The van der Waals surface area contributed by atoms with Crippen molar-refractivity contribution in [1.82, 2.24) is 19.1 Å². The first-order valence-electron chi connectivity index (χ1n) is 7.31. The summed E-state index contributed by atoms with van der Waals surface area (Å²) in [4.78, 5) is 9.28. The van der Waals surface area contributed by atoms with Crippen LogP contribution in [0.2, 0.25) is 0 Å². The standard InChI is InChI=1S/C16H21N5/c1-11(2)21-15-5-4-12(3)8-13(15)19-16(21)14-9-20(7-6-17)10-18-14/h4-5,8-11H,6-7,17H2,1-3H3. The molecule has 3 rings (SSSR count). The summed E-state index contributed by atoms with van der Waals surface area (Å²) >= 11 is 0. The molecule has 0 unspecified atom stereocenters. The molecule has 0 aliphatic rings. The second-order valence-corrected chi connectivity index (χ2v) is 5.68. The summed E-state index contributed by atoms with van der Waals surface area (Å²) in [5, 5.41) is 0. The highest BCUT2D eigenvalue weighted by atomic mass is 15.1. The van der Waals surface area contributed by atoms with Gasteiger partial charge in [-0.3, -0.25) is 0 Å². The molecule has 0 atom stereocenters. The zero-order valence-electron chi connectivity index (χ0n) is 12.7. The van der Waals surface area contributed by atoms with Crippen molar-refractivity contribution < 1.29 is 0 Å². The second kappa shape index (κ2) is 5.33. The van der Waals surface area contributed by atoms with Crippen LogP contribution in [-0.4, -0.2) is 25.6 Å². The molecule has 0 saturated heterocycles. The molecule has 0 bridgehead atoms. The van der Waals surface area contributed by atoms with E-state index in [-0.39, 0.29) is 0 Å². The van der Waals surface area contributed by atoms with E-state index in [1.165, 1.54) is 5.56 Å². The van der Waals surface area contributed by atoms with Crippen LogP contribution in [0.3, 0.4) is 0 Å². The summed E-state index contributed by atoms with van der Waals surface area (Å²) in [7, 11) is 0. The molecule has 3 aromatic rings. The Kier molecular flexibility index (Phi) is 3.51. The fraction of sp³-hybridized carbons (Fsp3) is 0.375. The Balaban J connectivity index is 2.18. The fourth-order valence-electron chi connectivity index (χ4n) is 2.66. The van der Waals surface area contributed by atoms with Gasteiger partial charge in [-0.1, -0.05) is 6.07 Å². The molecule has 0 saturated carbocycles. The molecule has 110 valence electrons. The van der Waals surface area contributed by atoms with Crippen molar-refractivity contribution >= 4 is 11.0 Å². The fourth-order valence-corrected chi connectivity index (χ4v) is 2.66. The Morgan fingerprint density at radius 2 is 2.10 bits per heavy atom. The van der Waals surface area contributed by atoms with Crippen LogP contribution in [0, 0.1) is 6.92 Å². The third-order valence-electron chi connectivity index (χ3n) is 3.61. The number of hydrogen-bond acceptors (Lipinski definition) is 3. The van der Waals surface area contributed by atoms with Gasteiger partial charge in [0.2, 0.25) is 0 Å². The average molecular weight is 283 g/mol. The van der Waals surface area contributed by atoms with E-state index in [4.69, 9.17) is 10.7 Å². The molecule has 5 nitrogen and oxygen atoms in total. The number of nitrogens with two attached hydrogens (primary N) is 1. The van der Waals surface area contributed by atoms with Gasteiger partial charge in [-0.15, -0.1) is 0 Å².